The quantitative estimate of drug-likeness (QED) is 0.287. The number of aromatic nitrogens is 3. The predicted molar refractivity (Wildman–Crippen MR) is 150 cm³/mol. The number of nitrogens with one attached hydrogen (secondary N) is 1. The monoisotopic (exact) mass is 537 g/mol. The number of para-hydroxylation sites is 1. The van der Waals surface area contributed by atoms with E-state index in [1.165, 1.54) is 19.2 Å². The smallest absolute Gasteiger partial charge is 0.323 e. The van der Waals surface area contributed by atoms with Gasteiger partial charge < -0.3 is 24.3 Å². The van der Waals surface area contributed by atoms with Crippen molar-refractivity contribution in [3.05, 3.63) is 119 Å². The number of methoxy groups -OCH3 is 2. The molecular formula is C31H28FN5O3. The van der Waals surface area contributed by atoms with Gasteiger partial charge in [0.15, 0.2) is 0 Å². The minimum Gasteiger partial charge on any atom is -0.497 e. The van der Waals surface area contributed by atoms with Gasteiger partial charge in [0.25, 0.3) is 0 Å². The Labute approximate surface area is 231 Å². The largest absolute Gasteiger partial charge is 0.497 e. The Kier molecular flexibility index (Phi) is 6.47. The second-order valence-electron chi connectivity index (χ2n) is 9.52. The lowest BCUT2D eigenvalue weighted by Gasteiger charge is -2.31. The molecule has 0 unspecified atom stereocenters. The lowest BCUT2D eigenvalue weighted by atomic mass is 10.0. The van der Waals surface area contributed by atoms with Gasteiger partial charge in [-0.1, -0.05) is 30.3 Å². The summed E-state index contributed by atoms with van der Waals surface area (Å²) in [7, 11) is 3.11. The molecule has 1 N–H and O–H groups in total. The standard InChI is InChI=1S/C31H28FN5O3/c1-20-25-19-36(31(38)33-26-16-15-24(39-2)18-28(26)40-3)29(21-11-13-22(32)14-12-21)27-10-7-17-35(27)30(25)37(34-20)23-8-5-4-6-9-23/h4-18,29H,19H2,1-3H3,(H,33,38)/t29-/m1/s1. The van der Waals surface area contributed by atoms with Crippen molar-refractivity contribution < 1.29 is 18.7 Å². The summed E-state index contributed by atoms with van der Waals surface area (Å²) in [6.45, 7) is 2.21. The second kappa shape index (κ2) is 10.3. The summed E-state index contributed by atoms with van der Waals surface area (Å²) in [5.41, 5.74) is 4.74. The molecule has 3 aromatic carbocycles. The zero-order valence-electron chi connectivity index (χ0n) is 22.3. The summed E-state index contributed by atoms with van der Waals surface area (Å²) in [6, 6.07) is 24.5. The van der Waals surface area contributed by atoms with Gasteiger partial charge in [0.1, 0.15) is 23.1 Å². The molecular weight excluding hydrogens is 509 g/mol. The van der Waals surface area contributed by atoms with Gasteiger partial charge in [-0.3, -0.25) is 0 Å². The third kappa shape index (κ3) is 4.35. The van der Waals surface area contributed by atoms with Crippen molar-refractivity contribution in [2.45, 2.75) is 19.5 Å². The maximum Gasteiger partial charge on any atom is 0.323 e. The highest BCUT2D eigenvalue weighted by atomic mass is 19.1. The molecule has 1 aliphatic heterocycles. The molecule has 0 saturated heterocycles. The van der Waals surface area contributed by atoms with E-state index in [1.807, 2.05) is 60.3 Å². The van der Waals surface area contributed by atoms with Gasteiger partial charge in [-0.2, -0.15) is 5.10 Å². The van der Waals surface area contributed by atoms with Gasteiger partial charge in [-0.15, -0.1) is 0 Å². The summed E-state index contributed by atoms with van der Waals surface area (Å²) < 4.78 is 28.8. The van der Waals surface area contributed by atoms with Gasteiger partial charge in [-0.05, 0) is 61.0 Å². The molecule has 1 atom stereocenters. The molecule has 0 bridgehead atoms. The van der Waals surface area contributed by atoms with Crippen LogP contribution in [0.15, 0.2) is 91.1 Å². The van der Waals surface area contributed by atoms with Crippen LogP contribution >= 0.6 is 0 Å². The van der Waals surface area contributed by atoms with E-state index in [0.717, 1.165) is 34.0 Å². The number of aryl methyl sites for hydroxylation is 1. The summed E-state index contributed by atoms with van der Waals surface area (Å²) in [5.74, 6) is 1.59. The van der Waals surface area contributed by atoms with Crippen LogP contribution in [-0.2, 0) is 6.54 Å². The average molecular weight is 538 g/mol. The van der Waals surface area contributed by atoms with E-state index in [-0.39, 0.29) is 18.4 Å². The number of hydrogen-bond acceptors (Lipinski definition) is 4. The van der Waals surface area contributed by atoms with Crippen molar-refractivity contribution in [2.24, 2.45) is 0 Å². The Morgan fingerprint density at radius 3 is 2.48 bits per heavy atom. The van der Waals surface area contributed by atoms with Crippen LogP contribution in [0.4, 0.5) is 14.9 Å². The SMILES string of the molecule is COc1ccc(NC(=O)N2Cc3c(C)nn(-c4ccccc4)c3-n3cccc3[C@H]2c2ccc(F)cc2)c(OC)c1. The number of ether oxygens (including phenoxy) is 2. The minimum absolute atomic E-state index is 0.266. The molecule has 1 aliphatic rings. The number of hydrogen-bond donors (Lipinski definition) is 1. The number of fused-ring (bicyclic) bond motifs is 3. The number of urea groups is 1. The van der Waals surface area contributed by atoms with Crippen molar-refractivity contribution in [2.75, 3.05) is 19.5 Å². The van der Waals surface area contributed by atoms with Crippen LogP contribution in [0.1, 0.15) is 28.6 Å². The zero-order chi connectivity index (χ0) is 27.8. The van der Waals surface area contributed by atoms with Crippen molar-refractivity contribution in [1.29, 1.82) is 0 Å². The molecule has 2 amide bonds. The Balaban J connectivity index is 1.51. The van der Waals surface area contributed by atoms with Gasteiger partial charge >= 0.3 is 6.03 Å². The lowest BCUT2D eigenvalue weighted by Crippen LogP contribution is -2.38. The predicted octanol–water partition coefficient (Wildman–Crippen LogP) is 6.26. The van der Waals surface area contributed by atoms with Gasteiger partial charge in [0, 0.05) is 17.8 Å². The van der Waals surface area contributed by atoms with E-state index in [0.29, 0.717) is 17.2 Å². The van der Waals surface area contributed by atoms with Gasteiger partial charge in [0.2, 0.25) is 0 Å². The summed E-state index contributed by atoms with van der Waals surface area (Å²) >= 11 is 0. The summed E-state index contributed by atoms with van der Waals surface area (Å²) in [5, 5.41) is 7.90. The average Bonchev–Trinajstić information content (AvgIpc) is 3.54. The number of rotatable bonds is 5. The van der Waals surface area contributed by atoms with E-state index in [2.05, 4.69) is 9.88 Å². The fourth-order valence-electron chi connectivity index (χ4n) is 5.23. The maximum atomic E-state index is 14.1. The van der Waals surface area contributed by atoms with Crippen LogP contribution < -0.4 is 14.8 Å². The zero-order valence-corrected chi connectivity index (χ0v) is 22.3. The van der Waals surface area contributed by atoms with E-state index in [9.17, 15) is 9.18 Å². The molecule has 9 heteroatoms. The molecule has 8 nitrogen and oxygen atoms in total. The fourth-order valence-corrected chi connectivity index (χ4v) is 5.23. The first-order valence-corrected chi connectivity index (χ1v) is 12.8. The number of anilines is 1. The molecule has 40 heavy (non-hydrogen) atoms. The van der Waals surface area contributed by atoms with E-state index >= 15 is 0 Å². The number of amides is 2. The van der Waals surface area contributed by atoms with Crippen LogP contribution in [0.5, 0.6) is 11.5 Å². The first kappa shape index (κ1) is 25.2. The van der Waals surface area contributed by atoms with Crippen LogP contribution in [0.2, 0.25) is 0 Å². The highest BCUT2D eigenvalue weighted by Crippen LogP contribution is 2.39. The van der Waals surface area contributed by atoms with Crippen LogP contribution in [0.3, 0.4) is 0 Å². The number of nitrogens with zero attached hydrogens (tertiary/aromatic N) is 4. The number of carbonyl (C=O) groups excluding carboxylic acids is 1. The van der Waals surface area contributed by atoms with Gasteiger partial charge in [0.05, 0.1) is 49.6 Å². The maximum absolute atomic E-state index is 14.1. The van der Waals surface area contributed by atoms with E-state index in [1.54, 1.807) is 42.3 Å². The third-order valence-electron chi connectivity index (χ3n) is 7.18. The van der Waals surface area contributed by atoms with Crippen LogP contribution in [-0.4, -0.2) is 39.5 Å². The van der Waals surface area contributed by atoms with Crippen molar-refractivity contribution in [3.8, 4) is 23.0 Å². The molecule has 202 valence electrons. The lowest BCUT2D eigenvalue weighted by molar-refractivity contribution is 0.194. The highest BCUT2D eigenvalue weighted by molar-refractivity contribution is 5.92. The highest BCUT2D eigenvalue weighted by Gasteiger charge is 2.36. The Morgan fingerprint density at radius 1 is 0.975 bits per heavy atom. The second-order valence-corrected chi connectivity index (χ2v) is 9.52. The number of carbonyl (C=O) groups is 1. The molecule has 0 aliphatic carbocycles. The fraction of sp³-hybridized carbons (Fsp3) is 0.161. The van der Waals surface area contributed by atoms with Crippen LogP contribution in [0, 0.1) is 12.7 Å². The van der Waals surface area contributed by atoms with E-state index < -0.39 is 6.04 Å². The molecule has 0 saturated carbocycles. The molecule has 0 spiro atoms. The first-order chi connectivity index (χ1) is 19.5. The molecule has 5 aromatic rings. The normalized spacial score (nSPS) is 14.2. The van der Waals surface area contributed by atoms with Gasteiger partial charge in [-0.25, -0.2) is 13.9 Å². The third-order valence-corrected chi connectivity index (χ3v) is 7.18. The molecule has 3 heterocycles. The molecule has 6 rings (SSSR count). The van der Waals surface area contributed by atoms with Crippen molar-refractivity contribution >= 4 is 11.7 Å². The molecule has 0 fully saturated rings. The Morgan fingerprint density at radius 2 is 1.75 bits per heavy atom. The molecule has 2 aromatic heterocycles. The summed E-state index contributed by atoms with van der Waals surface area (Å²) in [6.07, 6.45) is 1.97. The number of halogens is 1. The minimum atomic E-state index is -0.518. The van der Waals surface area contributed by atoms with E-state index in [4.69, 9.17) is 14.6 Å². The van der Waals surface area contributed by atoms with Crippen molar-refractivity contribution in [3.63, 3.8) is 0 Å². The first-order valence-electron chi connectivity index (χ1n) is 12.8. The Bertz CT molecular complexity index is 1680. The topological polar surface area (TPSA) is 73.5 Å². The summed E-state index contributed by atoms with van der Waals surface area (Å²) in [4.78, 5) is 15.9. The Hall–Kier alpha value is -5.05. The molecule has 0 radical (unpaired) electrons. The van der Waals surface area contributed by atoms with Crippen LogP contribution in [0.25, 0.3) is 11.5 Å². The van der Waals surface area contributed by atoms with Crippen molar-refractivity contribution in [1.82, 2.24) is 19.2 Å². The number of benzene rings is 3.